The molecule has 1 aliphatic carbocycles. The summed E-state index contributed by atoms with van der Waals surface area (Å²) in [5.74, 6) is 2.17. The van der Waals surface area contributed by atoms with E-state index in [-0.39, 0.29) is 22.6 Å². The molecule has 0 saturated heterocycles. The summed E-state index contributed by atoms with van der Waals surface area (Å²) in [7, 11) is -2.24. The molecule has 1 fully saturated rings. The highest BCUT2D eigenvalue weighted by Gasteiger charge is 2.34. The minimum atomic E-state index is -3.68. The largest absolute Gasteiger partial charge is 0.419 e. The molecule has 36 heavy (non-hydrogen) atoms. The van der Waals surface area contributed by atoms with Crippen LogP contribution in [0.1, 0.15) is 45.6 Å². The van der Waals surface area contributed by atoms with E-state index < -0.39 is 20.8 Å². The number of hydrogen-bond acceptors (Lipinski definition) is 8. The summed E-state index contributed by atoms with van der Waals surface area (Å²) in [5, 5.41) is 11.2. The van der Waals surface area contributed by atoms with E-state index in [0.29, 0.717) is 29.6 Å². The Morgan fingerprint density at radius 1 is 1.28 bits per heavy atom. The molecular weight excluding hydrogens is 500 g/mol. The Balaban J connectivity index is 1.71. The van der Waals surface area contributed by atoms with Crippen LogP contribution in [0.2, 0.25) is 5.02 Å². The molecule has 1 saturated carbocycles. The van der Waals surface area contributed by atoms with E-state index in [2.05, 4.69) is 27.4 Å². The average molecular weight is 533 g/mol. The van der Waals surface area contributed by atoms with Crippen LogP contribution in [0.3, 0.4) is 0 Å². The van der Waals surface area contributed by atoms with Crippen molar-refractivity contribution in [1.29, 1.82) is 0 Å². The predicted octanol–water partition coefficient (Wildman–Crippen LogP) is 4.44. The molecule has 11 heteroatoms. The lowest BCUT2D eigenvalue weighted by Crippen LogP contribution is -2.35. The third kappa shape index (κ3) is 5.50. The number of nitrogens with zero attached hydrogens (tertiary/aromatic N) is 4. The molecule has 0 bridgehead atoms. The van der Waals surface area contributed by atoms with Crippen LogP contribution in [-0.4, -0.2) is 42.4 Å². The van der Waals surface area contributed by atoms with Crippen molar-refractivity contribution in [3.05, 3.63) is 52.9 Å². The number of pyridine rings is 1. The van der Waals surface area contributed by atoms with E-state index in [0.717, 1.165) is 22.8 Å². The van der Waals surface area contributed by atoms with Crippen molar-refractivity contribution in [3.8, 4) is 11.5 Å². The van der Waals surface area contributed by atoms with Crippen molar-refractivity contribution in [1.82, 2.24) is 15.2 Å². The average Bonchev–Trinajstić information content (AvgIpc) is 3.30. The Morgan fingerprint density at radius 3 is 2.56 bits per heavy atom. The predicted molar refractivity (Wildman–Crippen MR) is 142 cm³/mol. The summed E-state index contributed by atoms with van der Waals surface area (Å²) in [6.07, 6.45) is 1.64. The first kappa shape index (κ1) is 26.4. The fourth-order valence-corrected chi connectivity index (χ4v) is 5.35. The number of anilines is 2. The molecule has 194 valence electrons. The molecule has 1 aliphatic rings. The molecule has 3 atom stereocenters. The standard InChI is InChI=1S/C25H33ClN6O3S/c1-15(2)36(33,34)32(5)22-21(26)19(12-20(29-22)28-14-18-11-16(18)3)23-30-31-24(35-23)25(4,27)13-17-9-7-6-8-10-17/h6-10,12,15-16,18H,11,13-14,27H2,1-5H3,(H,28,29)/t16?,18?,25-/m1/s1. The van der Waals surface area contributed by atoms with Gasteiger partial charge in [0.25, 0.3) is 0 Å². The van der Waals surface area contributed by atoms with Gasteiger partial charge in [-0.25, -0.2) is 13.4 Å². The third-order valence-electron chi connectivity index (χ3n) is 6.60. The second kappa shape index (κ2) is 9.99. The van der Waals surface area contributed by atoms with Crippen molar-refractivity contribution >= 4 is 33.3 Å². The minimum Gasteiger partial charge on any atom is -0.419 e. The summed E-state index contributed by atoms with van der Waals surface area (Å²) >= 11 is 6.72. The van der Waals surface area contributed by atoms with Gasteiger partial charge in [0.2, 0.25) is 21.8 Å². The maximum Gasteiger partial charge on any atom is 0.249 e. The van der Waals surface area contributed by atoms with Gasteiger partial charge in [0.1, 0.15) is 5.82 Å². The molecular formula is C25H33ClN6O3S. The van der Waals surface area contributed by atoms with Crippen LogP contribution in [-0.2, 0) is 22.0 Å². The van der Waals surface area contributed by atoms with E-state index in [4.69, 9.17) is 21.8 Å². The van der Waals surface area contributed by atoms with Crippen LogP contribution in [0.15, 0.2) is 40.8 Å². The fraction of sp³-hybridized carbons (Fsp3) is 0.480. The van der Waals surface area contributed by atoms with Gasteiger partial charge in [-0.2, -0.15) is 0 Å². The normalized spacial score (nSPS) is 19.2. The Labute approximate surface area is 217 Å². The van der Waals surface area contributed by atoms with Crippen molar-refractivity contribution in [3.63, 3.8) is 0 Å². The van der Waals surface area contributed by atoms with Crippen molar-refractivity contribution in [2.24, 2.45) is 17.6 Å². The summed E-state index contributed by atoms with van der Waals surface area (Å²) in [6, 6.07) is 11.5. The van der Waals surface area contributed by atoms with E-state index in [1.54, 1.807) is 19.9 Å². The quantitative estimate of drug-likeness (QED) is 0.392. The highest BCUT2D eigenvalue weighted by Crippen LogP contribution is 2.40. The summed E-state index contributed by atoms with van der Waals surface area (Å²) in [6.45, 7) is 7.96. The first-order chi connectivity index (χ1) is 16.9. The van der Waals surface area contributed by atoms with Crippen LogP contribution in [0.25, 0.3) is 11.5 Å². The zero-order valence-electron chi connectivity index (χ0n) is 21.2. The molecule has 4 rings (SSSR count). The number of halogens is 1. The molecule has 1 aromatic carbocycles. The first-order valence-corrected chi connectivity index (χ1v) is 13.9. The highest BCUT2D eigenvalue weighted by molar-refractivity contribution is 7.93. The summed E-state index contributed by atoms with van der Waals surface area (Å²) < 4.78 is 32.9. The molecule has 2 heterocycles. The van der Waals surface area contributed by atoms with E-state index in [9.17, 15) is 8.42 Å². The van der Waals surface area contributed by atoms with Gasteiger partial charge in [-0.05, 0) is 57.1 Å². The molecule has 9 nitrogen and oxygen atoms in total. The monoisotopic (exact) mass is 532 g/mol. The lowest BCUT2D eigenvalue weighted by Gasteiger charge is -2.23. The van der Waals surface area contributed by atoms with Crippen LogP contribution in [0, 0.1) is 11.8 Å². The van der Waals surface area contributed by atoms with Gasteiger partial charge in [0, 0.05) is 13.6 Å². The van der Waals surface area contributed by atoms with Gasteiger partial charge in [0.15, 0.2) is 5.82 Å². The zero-order valence-corrected chi connectivity index (χ0v) is 22.8. The maximum atomic E-state index is 12.9. The number of hydrogen-bond donors (Lipinski definition) is 2. The van der Waals surface area contributed by atoms with Crippen LogP contribution in [0.5, 0.6) is 0 Å². The lowest BCUT2D eigenvalue weighted by molar-refractivity contribution is 0.355. The van der Waals surface area contributed by atoms with Gasteiger partial charge >= 0.3 is 0 Å². The number of sulfonamides is 1. The van der Waals surface area contributed by atoms with Crippen molar-refractivity contribution < 1.29 is 12.8 Å². The molecule has 2 unspecified atom stereocenters. The molecule has 0 radical (unpaired) electrons. The molecule has 2 aromatic heterocycles. The third-order valence-corrected chi connectivity index (χ3v) is 9.10. The maximum absolute atomic E-state index is 12.9. The second-order valence-corrected chi connectivity index (χ2v) is 13.0. The van der Waals surface area contributed by atoms with E-state index in [1.165, 1.54) is 7.05 Å². The van der Waals surface area contributed by atoms with Crippen LogP contribution >= 0.6 is 11.6 Å². The number of nitrogens with one attached hydrogen (secondary N) is 1. The number of nitrogens with two attached hydrogens (primary N) is 1. The van der Waals surface area contributed by atoms with Crippen LogP contribution in [0.4, 0.5) is 11.6 Å². The summed E-state index contributed by atoms with van der Waals surface area (Å²) in [5.41, 5.74) is 7.05. The fourth-order valence-electron chi connectivity index (χ4n) is 3.99. The topological polar surface area (TPSA) is 127 Å². The van der Waals surface area contributed by atoms with Gasteiger partial charge in [-0.3, -0.25) is 4.31 Å². The SMILES string of the molecule is CC1CC1CNc1cc(-c2nnc([C@](C)(N)Cc3ccccc3)o2)c(Cl)c(N(C)S(=O)(=O)C(C)C)n1. The Bertz CT molecular complexity index is 1330. The first-order valence-electron chi connectivity index (χ1n) is 12.0. The molecule has 0 amide bonds. The molecule has 0 spiro atoms. The molecule has 3 N–H and O–H groups in total. The number of rotatable bonds is 10. The van der Waals surface area contributed by atoms with Crippen molar-refractivity contribution in [2.45, 2.75) is 51.3 Å². The molecule has 3 aromatic rings. The lowest BCUT2D eigenvalue weighted by atomic mass is 9.94. The Hall–Kier alpha value is -2.69. The van der Waals surface area contributed by atoms with Crippen molar-refractivity contribution in [2.75, 3.05) is 23.2 Å². The second-order valence-electron chi connectivity index (χ2n) is 10.1. The highest BCUT2D eigenvalue weighted by atomic mass is 35.5. The zero-order chi connectivity index (χ0) is 26.3. The van der Waals surface area contributed by atoms with Gasteiger partial charge < -0.3 is 15.5 Å². The number of benzene rings is 1. The smallest absolute Gasteiger partial charge is 0.249 e. The minimum absolute atomic E-state index is 0.0914. The van der Waals surface area contributed by atoms with E-state index >= 15 is 0 Å². The van der Waals surface area contributed by atoms with Gasteiger partial charge in [-0.15, -0.1) is 10.2 Å². The van der Waals surface area contributed by atoms with Gasteiger partial charge in [0.05, 0.1) is 21.4 Å². The molecule has 0 aliphatic heterocycles. The Kier molecular flexibility index (Phi) is 7.32. The van der Waals surface area contributed by atoms with Gasteiger partial charge in [-0.1, -0.05) is 48.9 Å². The Morgan fingerprint density at radius 2 is 1.94 bits per heavy atom. The van der Waals surface area contributed by atoms with E-state index in [1.807, 2.05) is 37.3 Å². The number of aromatic nitrogens is 3. The van der Waals surface area contributed by atoms with Crippen LogP contribution < -0.4 is 15.4 Å². The summed E-state index contributed by atoms with van der Waals surface area (Å²) in [4.78, 5) is 4.53.